The molecule has 1 fully saturated rings. The molecule has 2 aromatic rings. The van der Waals surface area contributed by atoms with Gasteiger partial charge in [0.05, 0.1) is 43.1 Å². The smallest absolute Gasteiger partial charge is 0.340 e. The van der Waals surface area contributed by atoms with Crippen molar-refractivity contribution in [2.45, 2.75) is 11.3 Å². The van der Waals surface area contributed by atoms with Crippen molar-refractivity contribution in [1.29, 1.82) is 0 Å². The van der Waals surface area contributed by atoms with Crippen molar-refractivity contribution in [3.8, 4) is 5.75 Å². The summed E-state index contributed by atoms with van der Waals surface area (Å²) in [5, 5.41) is 0. The molecule has 0 aromatic heterocycles. The number of ether oxygens (including phenoxy) is 3. The van der Waals surface area contributed by atoms with Gasteiger partial charge < -0.3 is 19.1 Å². The van der Waals surface area contributed by atoms with Crippen molar-refractivity contribution in [3.05, 3.63) is 53.6 Å². The summed E-state index contributed by atoms with van der Waals surface area (Å²) in [6.45, 7) is 2.50. The van der Waals surface area contributed by atoms with Gasteiger partial charge in [-0.2, -0.15) is 0 Å². The van der Waals surface area contributed by atoms with Crippen molar-refractivity contribution in [1.82, 2.24) is 4.31 Å². The van der Waals surface area contributed by atoms with E-state index in [4.69, 9.17) is 14.2 Å². The number of hydrogen-bond acceptors (Lipinski definition) is 7. The summed E-state index contributed by atoms with van der Waals surface area (Å²) >= 11 is 0. The van der Waals surface area contributed by atoms with E-state index >= 15 is 0 Å². The number of sulfonamides is 1. The van der Waals surface area contributed by atoms with Crippen molar-refractivity contribution in [3.63, 3.8) is 0 Å². The van der Waals surface area contributed by atoms with E-state index in [0.717, 1.165) is 15.6 Å². The molecule has 3 rings (SSSR count). The summed E-state index contributed by atoms with van der Waals surface area (Å²) in [7, 11) is 0.837. The number of anilines is 1. The lowest BCUT2D eigenvalue weighted by molar-refractivity contribution is 0.0508. The number of nitrogens with zero attached hydrogens (tertiary/aromatic N) is 2. The molecule has 1 heterocycles. The van der Waals surface area contributed by atoms with Crippen LogP contribution >= 0.6 is 0 Å². The van der Waals surface area contributed by atoms with Crippen LogP contribution < -0.4 is 9.64 Å². The van der Waals surface area contributed by atoms with Crippen LogP contribution in [0.15, 0.2) is 47.4 Å². The largest absolute Gasteiger partial charge is 0.497 e. The van der Waals surface area contributed by atoms with Crippen LogP contribution in [0.4, 0.5) is 5.69 Å². The Balaban J connectivity index is 1.80. The molecule has 0 N–H and O–H groups in total. The Morgan fingerprint density at radius 3 is 2.39 bits per heavy atom. The molecule has 0 saturated carbocycles. The van der Waals surface area contributed by atoms with Gasteiger partial charge in [0.25, 0.3) is 0 Å². The minimum Gasteiger partial charge on any atom is -0.497 e. The van der Waals surface area contributed by atoms with Gasteiger partial charge in [-0.3, -0.25) is 0 Å². The van der Waals surface area contributed by atoms with E-state index in [9.17, 15) is 13.2 Å². The number of carbonyl (C=O) groups excluding carboxylic acids is 1. The maximum atomic E-state index is 12.9. The minimum absolute atomic E-state index is 0.0524. The lowest BCUT2D eigenvalue weighted by Gasteiger charge is -2.30. The van der Waals surface area contributed by atoms with Crippen LogP contribution in [-0.4, -0.2) is 72.8 Å². The zero-order valence-corrected chi connectivity index (χ0v) is 18.9. The van der Waals surface area contributed by atoms with Crippen LogP contribution in [0, 0.1) is 0 Å². The third-order valence-corrected chi connectivity index (χ3v) is 6.91. The molecule has 0 aliphatic carbocycles. The average Bonchev–Trinajstić information content (AvgIpc) is 2.79. The van der Waals surface area contributed by atoms with Crippen LogP contribution in [0.25, 0.3) is 0 Å². The first-order chi connectivity index (χ1) is 14.8. The summed E-state index contributed by atoms with van der Waals surface area (Å²) in [5.41, 5.74) is 1.89. The van der Waals surface area contributed by atoms with Crippen LogP contribution in [0.2, 0.25) is 0 Å². The highest BCUT2D eigenvalue weighted by Gasteiger charge is 2.25. The van der Waals surface area contributed by atoms with Crippen LogP contribution in [0.3, 0.4) is 0 Å². The molecule has 0 bridgehead atoms. The summed E-state index contributed by atoms with van der Waals surface area (Å²) < 4.78 is 42.3. The first-order valence-corrected chi connectivity index (χ1v) is 11.5. The second-order valence-electron chi connectivity index (χ2n) is 7.30. The van der Waals surface area contributed by atoms with Gasteiger partial charge in [0.15, 0.2) is 0 Å². The lowest BCUT2D eigenvalue weighted by Crippen LogP contribution is -2.37. The molecule has 0 atom stereocenters. The number of hydrogen-bond donors (Lipinski definition) is 0. The van der Waals surface area contributed by atoms with Gasteiger partial charge in [0, 0.05) is 33.6 Å². The van der Waals surface area contributed by atoms with Gasteiger partial charge in [0.2, 0.25) is 10.0 Å². The maximum Gasteiger partial charge on any atom is 0.340 e. The molecular weight excluding hydrogens is 420 g/mol. The van der Waals surface area contributed by atoms with Crippen molar-refractivity contribution >= 4 is 21.7 Å². The van der Waals surface area contributed by atoms with Gasteiger partial charge in [0.1, 0.15) is 5.75 Å². The Bertz CT molecular complexity index is 999. The normalized spacial score (nSPS) is 14.5. The molecule has 2 aromatic carbocycles. The summed E-state index contributed by atoms with van der Waals surface area (Å²) in [6.07, 6.45) is 0.540. The molecule has 1 aliphatic rings. The van der Waals surface area contributed by atoms with Crippen molar-refractivity contribution < 1.29 is 27.4 Å². The predicted molar refractivity (Wildman–Crippen MR) is 117 cm³/mol. The summed E-state index contributed by atoms with van der Waals surface area (Å²) in [5.74, 6) is 0.209. The van der Waals surface area contributed by atoms with E-state index in [1.807, 2.05) is 29.2 Å². The molecule has 9 heteroatoms. The predicted octanol–water partition coefficient (Wildman–Crippen LogP) is 2.18. The molecule has 0 radical (unpaired) electrons. The highest BCUT2D eigenvalue weighted by Crippen LogP contribution is 2.27. The number of benzene rings is 2. The van der Waals surface area contributed by atoms with Gasteiger partial charge in [-0.15, -0.1) is 0 Å². The fraction of sp³-hybridized carbons (Fsp3) is 0.409. The number of esters is 1. The number of morpholine rings is 1. The molecule has 168 valence electrons. The fourth-order valence-electron chi connectivity index (χ4n) is 3.26. The third-order valence-electron chi connectivity index (χ3n) is 5.10. The standard InChI is InChI=1S/C22H28N2O6S/c1-23(2)31(26,27)19-8-9-21(24-11-14-29-15-12-24)20(16-19)22(25)30-13-10-17-4-6-18(28-3)7-5-17/h4-9,16H,10-15H2,1-3H3. The summed E-state index contributed by atoms with van der Waals surface area (Å²) in [6, 6.07) is 12.1. The third kappa shape index (κ3) is 5.55. The SMILES string of the molecule is COc1ccc(CCOC(=O)c2cc(S(=O)(=O)N(C)C)ccc2N2CCOCC2)cc1. The van der Waals surface area contributed by atoms with Crippen LogP contribution in [0.5, 0.6) is 5.75 Å². The van der Waals surface area contributed by atoms with Gasteiger partial charge in [-0.25, -0.2) is 17.5 Å². The second-order valence-corrected chi connectivity index (χ2v) is 9.45. The zero-order chi connectivity index (χ0) is 22.4. The number of methoxy groups -OCH3 is 1. The highest BCUT2D eigenvalue weighted by molar-refractivity contribution is 7.89. The topological polar surface area (TPSA) is 85.4 Å². The Hall–Kier alpha value is -2.62. The molecule has 1 aliphatic heterocycles. The molecule has 1 saturated heterocycles. The maximum absolute atomic E-state index is 12.9. The highest BCUT2D eigenvalue weighted by atomic mass is 32.2. The summed E-state index contributed by atoms with van der Waals surface area (Å²) in [4.78, 5) is 15.0. The molecule has 31 heavy (non-hydrogen) atoms. The first-order valence-electron chi connectivity index (χ1n) is 10.0. The Kier molecular flexibility index (Phi) is 7.53. The first kappa shape index (κ1) is 23.1. The Labute approximate surface area is 183 Å². The monoisotopic (exact) mass is 448 g/mol. The van der Waals surface area contributed by atoms with E-state index in [0.29, 0.717) is 38.4 Å². The average molecular weight is 449 g/mol. The molecular formula is C22H28N2O6S. The Morgan fingerprint density at radius 1 is 1.10 bits per heavy atom. The molecule has 0 amide bonds. The van der Waals surface area contributed by atoms with E-state index in [-0.39, 0.29) is 17.1 Å². The van der Waals surface area contributed by atoms with Crippen molar-refractivity contribution in [2.24, 2.45) is 0 Å². The minimum atomic E-state index is -3.68. The molecule has 0 spiro atoms. The van der Waals surface area contributed by atoms with Gasteiger partial charge >= 0.3 is 5.97 Å². The number of rotatable bonds is 8. The van der Waals surface area contributed by atoms with E-state index in [2.05, 4.69) is 0 Å². The Morgan fingerprint density at radius 2 is 1.77 bits per heavy atom. The van der Waals surface area contributed by atoms with Crippen molar-refractivity contribution in [2.75, 3.05) is 59.0 Å². The second kappa shape index (κ2) is 10.1. The number of carbonyl (C=O) groups is 1. The molecule has 0 unspecified atom stereocenters. The zero-order valence-electron chi connectivity index (χ0n) is 18.0. The molecule has 8 nitrogen and oxygen atoms in total. The van der Waals surface area contributed by atoms with E-state index in [1.165, 1.54) is 26.2 Å². The van der Waals surface area contributed by atoms with Gasteiger partial charge in [-0.05, 0) is 35.9 Å². The van der Waals surface area contributed by atoms with Crippen LogP contribution in [-0.2, 0) is 25.9 Å². The lowest BCUT2D eigenvalue weighted by atomic mass is 10.1. The van der Waals surface area contributed by atoms with Crippen LogP contribution in [0.1, 0.15) is 15.9 Å². The fourth-order valence-corrected chi connectivity index (χ4v) is 4.19. The van der Waals surface area contributed by atoms with E-state index in [1.54, 1.807) is 13.2 Å². The van der Waals surface area contributed by atoms with E-state index < -0.39 is 16.0 Å². The van der Waals surface area contributed by atoms with Gasteiger partial charge in [-0.1, -0.05) is 12.1 Å². The quantitative estimate of drug-likeness (QED) is 0.572.